The van der Waals surface area contributed by atoms with Gasteiger partial charge in [-0.3, -0.25) is 19.4 Å². The van der Waals surface area contributed by atoms with Crippen LogP contribution in [0.4, 0.5) is 0 Å². The Morgan fingerprint density at radius 1 is 0.712 bits per heavy atom. The molecule has 2 aromatic heterocycles. The van der Waals surface area contributed by atoms with Gasteiger partial charge in [0, 0.05) is 116 Å². The van der Waals surface area contributed by atoms with E-state index in [2.05, 4.69) is 21.9 Å². The van der Waals surface area contributed by atoms with Crippen LogP contribution in [0.25, 0.3) is 33.6 Å². The Balaban J connectivity index is 0.996. The predicted octanol–water partition coefficient (Wildman–Crippen LogP) is 7.41. The molecule has 5 heterocycles. The van der Waals surface area contributed by atoms with Gasteiger partial charge in [-0.2, -0.15) is 0 Å². The Bertz CT molecular complexity index is 2060. The molecular formula is C41H43Cl2N5O4. The van der Waals surface area contributed by atoms with E-state index in [-0.39, 0.29) is 16.7 Å². The maximum Gasteiger partial charge on any atom is 0.219 e. The molecule has 3 saturated heterocycles. The number of hydrogen-bond donors (Lipinski definition) is 0. The predicted molar refractivity (Wildman–Crippen MR) is 203 cm³/mol. The van der Waals surface area contributed by atoms with E-state index < -0.39 is 0 Å². The number of carbonyl (C=O) groups is 2. The molecule has 2 aromatic carbocycles. The summed E-state index contributed by atoms with van der Waals surface area (Å²) in [6.45, 7) is 8.60. The number of rotatable bonds is 9. The summed E-state index contributed by atoms with van der Waals surface area (Å²) >= 11 is 14.3. The maximum atomic E-state index is 11.9. The highest BCUT2D eigenvalue weighted by Crippen LogP contribution is 2.46. The number of benzene rings is 2. The zero-order valence-electron chi connectivity index (χ0n) is 29.9. The summed E-state index contributed by atoms with van der Waals surface area (Å²) < 4.78 is 11.5. The lowest BCUT2D eigenvalue weighted by molar-refractivity contribution is -0.129. The van der Waals surface area contributed by atoms with Crippen molar-refractivity contribution in [3.8, 4) is 45.4 Å². The standard InChI is InChI=1S/C41H43Cl2N5O4/c1-26(49)48-17-16-41(25-48)23-47(24-41)20-28-11-13-35(45-39(28)52-3)33-9-5-7-31(37(33)43)30-6-4-8-32(36(30)42)34-12-10-27(38(44-34)51-2)19-46-21-40(22-46)15-14-29(50)18-40/h4-13H,14-25H2,1-3H3. The molecule has 4 aliphatic rings. The normalized spacial score (nSPS) is 19.2. The van der Waals surface area contributed by atoms with Gasteiger partial charge in [0.05, 0.1) is 35.7 Å². The van der Waals surface area contributed by atoms with Gasteiger partial charge >= 0.3 is 0 Å². The van der Waals surface area contributed by atoms with Crippen molar-refractivity contribution in [2.45, 2.75) is 45.7 Å². The average Bonchev–Trinajstić information content (AvgIpc) is 3.74. The van der Waals surface area contributed by atoms with Crippen LogP contribution in [0.5, 0.6) is 11.8 Å². The van der Waals surface area contributed by atoms with Crippen LogP contribution in [0, 0.1) is 10.8 Å². The van der Waals surface area contributed by atoms with E-state index in [0.29, 0.717) is 51.8 Å². The first-order valence-corrected chi connectivity index (χ1v) is 18.7. The third kappa shape index (κ3) is 6.46. The van der Waals surface area contributed by atoms with E-state index in [1.54, 1.807) is 21.1 Å². The summed E-state index contributed by atoms with van der Waals surface area (Å²) in [7, 11) is 3.29. The highest BCUT2D eigenvalue weighted by Gasteiger charge is 2.49. The van der Waals surface area contributed by atoms with Crippen LogP contribution in [-0.4, -0.2) is 89.8 Å². The Kier molecular flexibility index (Phi) is 9.27. The number of likely N-dealkylation sites (tertiary alicyclic amines) is 3. The second-order valence-corrected chi connectivity index (χ2v) is 16.0. The van der Waals surface area contributed by atoms with Gasteiger partial charge in [-0.25, -0.2) is 9.97 Å². The number of ketones is 1. The largest absolute Gasteiger partial charge is 0.481 e. The molecule has 11 heteroatoms. The SMILES string of the molecule is COc1nc(-c2cccc(-c3cccc(-c4ccc(CN5CC6(CCN(C(C)=O)C6)C5)c(OC)n4)c3Cl)c2Cl)ccc1CN1CC2(CCC(=O)C2)C1. The van der Waals surface area contributed by atoms with Gasteiger partial charge in [0.25, 0.3) is 0 Å². The fourth-order valence-corrected chi connectivity index (χ4v) is 9.60. The molecule has 0 radical (unpaired) electrons. The van der Waals surface area contributed by atoms with E-state index in [1.165, 1.54) is 0 Å². The van der Waals surface area contributed by atoms with E-state index in [0.717, 1.165) is 98.6 Å². The molecule has 3 aliphatic heterocycles. The number of carbonyl (C=O) groups excluding carboxylic acids is 2. The van der Waals surface area contributed by atoms with Crippen molar-refractivity contribution in [2.75, 3.05) is 53.5 Å². The number of nitrogens with zero attached hydrogens (tertiary/aromatic N) is 5. The smallest absolute Gasteiger partial charge is 0.219 e. The van der Waals surface area contributed by atoms with Crippen LogP contribution < -0.4 is 9.47 Å². The van der Waals surface area contributed by atoms with Gasteiger partial charge in [-0.05, 0) is 25.0 Å². The Morgan fingerprint density at radius 2 is 1.21 bits per heavy atom. The molecule has 0 atom stereocenters. The zero-order chi connectivity index (χ0) is 36.2. The van der Waals surface area contributed by atoms with E-state index in [4.69, 9.17) is 42.6 Å². The lowest BCUT2D eigenvalue weighted by atomic mass is 9.78. The summed E-state index contributed by atoms with van der Waals surface area (Å²) in [5, 5.41) is 1.09. The second-order valence-electron chi connectivity index (χ2n) is 15.3. The monoisotopic (exact) mass is 739 g/mol. The van der Waals surface area contributed by atoms with Crippen molar-refractivity contribution in [1.29, 1.82) is 0 Å². The van der Waals surface area contributed by atoms with Gasteiger partial charge in [0.1, 0.15) is 5.78 Å². The van der Waals surface area contributed by atoms with E-state index in [1.807, 2.05) is 53.4 Å². The molecule has 1 aliphatic carbocycles. The summed E-state index contributed by atoms with van der Waals surface area (Å²) in [5.41, 5.74) is 6.96. The van der Waals surface area contributed by atoms with Gasteiger partial charge in [-0.15, -0.1) is 0 Å². The Hall–Kier alpha value is -4.02. The number of hydrogen-bond acceptors (Lipinski definition) is 8. The van der Waals surface area contributed by atoms with Crippen LogP contribution in [0.15, 0.2) is 60.7 Å². The minimum Gasteiger partial charge on any atom is -0.481 e. The van der Waals surface area contributed by atoms with Crippen LogP contribution in [0.1, 0.15) is 43.7 Å². The molecule has 52 heavy (non-hydrogen) atoms. The molecule has 0 N–H and O–H groups in total. The van der Waals surface area contributed by atoms with E-state index in [9.17, 15) is 9.59 Å². The summed E-state index contributed by atoms with van der Waals surface area (Å²) in [5.74, 6) is 1.69. The number of Topliss-reactive ketones (excluding diaryl/α,β-unsaturated/α-hetero) is 1. The summed E-state index contributed by atoms with van der Waals surface area (Å²) in [6, 6.07) is 19.9. The average molecular weight is 741 g/mol. The molecule has 0 unspecified atom stereocenters. The van der Waals surface area contributed by atoms with Crippen molar-refractivity contribution in [3.63, 3.8) is 0 Å². The number of amides is 1. The number of pyridine rings is 2. The van der Waals surface area contributed by atoms with Crippen LogP contribution in [0.2, 0.25) is 10.0 Å². The molecule has 0 bridgehead atoms. The lowest BCUT2D eigenvalue weighted by Crippen LogP contribution is -2.57. The van der Waals surface area contributed by atoms with Gasteiger partial charge in [-0.1, -0.05) is 71.7 Å². The third-order valence-corrected chi connectivity index (χ3v) is 12.3. The van der Waals surface area contributed by atoms with Gasteiger partial charge in [0.15, 0.2) is 0 Å². The minimum atomic E-state index is 0.161. The van der Waals surface area contributed by atoms with Crippen LogP contribution in [-0.2, 0) is 22.7 Å². The molecule has 1 saturated carbocycles. The number of methoxy groups -OCH3 is 2. The first-order chi connectivity index (χ1) is 25.1. The zero-order valence-corrected chi connectivity index (χ0v) is 31.4. The van der Waals surface area contributed by atoms with Crippen molar-refractivity contribution in [1.82, 2.24) is 24.7 Å². The number of aromatic nitrogens is 2. The van der Waals surface area contributed by atoms with E-state index >= 15 is 0 Å². The van der Waals surface area contributed by atoms with Gasteiger partial charge in [0.2, 0.25) is 17.7 Å². The molecule has 8 rings (SSSR count). The van der Waals surface area contributed by atoms with Crippen molar-refractivity contribution in [3.05, 3.63) is 81.8 Å². The Labute approximate surface area is 314 Å². The molecule has 270 valence electrons. The van der Waals surface area contributed by atoms with Crippen LogP contribution in [0.3, 0.4) is 0 Å². The molecule has 9 nitrogen and oxygen atoms in total. The van der Waals surface area contributed by atoms with Crippen molar-refractivity contribution in [2.24, 2.45) is 10.8 Å². The molecule has 2 spiro atoms. The lowest BCUT2D eigenvalue weighted by Gasteiger charge is -2.48. The fourth-order valence-electron chi connectivity index (χ4n) is 8.95. The Morgan fingerprint density at radius 3 is 1.65 bits per heavy atom. The molecular weight excluding hydrogens is 697 g/mol. The quantitative estimate of drug-likeness (QED) is 0.176. The maximum absolute atomic E-state index is 11.9. The number of ether oxygens (including phenoxy) is 2. The summed E-state index contributed by atoms with van der Waals surface area (Å²) in [4.78, 5) is 40.2. The molecule has 4 fully saturated rings. The minimum absolute atomic E-state index is 0.161. The number of halogens is 2. The first kappa shape index (κ1) is 35.0. The van der Waals surface area contributed by atoms with Crippen LogP contribution >= 0.6 is 23.2 Å². The fraction of sp³-hybridized carbons (Fsp3) is 0.415. The molecule has 1 amide bonds. The first-order valence-electron chi connectivity index (χ1n) is 18.0. The highest BCUT2D eigenvalue weighted by atomic mass is 35.5. The molecule has 4 aromatic rings. The van der Waals surface area contributed by atoms with Gasteiger partial charge < -0.3 is 14.4 Å². The second kappa shape index (κ2) is 13.8. The van der Waals surface area contributed by atoms with Crippen molar-refractivity contribution >= 4 is 34.9 Å². The topological polar surface area (TPSA) is 88.1 Å². The third-order valence-electron chi connectivity index (χ3n) is 11.5. The highest BCUT2D eigenvalue weighted by molar-refractivity contribution is 6.39. The van der Waals surface area contributed by atoms with Crippen molar-refractivity contribution < 1.29 is 19.1 Å². The summed E-state index contributed by atoms with van der Waals surface area (Å²) in [6.07, 6.45) is 3.48.